The molecule has 1 rings (SSSR count). The maximum atomic E-state index is 13.4. The minimum absolute atomic E-state index is 0.315. The number of halogens is 3. The van der Waals surface area contributed by atoms with Gasteiger partial charge in [0.05, 0.1) is 6.61 Å². The van der Waals surface area contributed by atoms with Crippen molar-refractivity contribution in [1.29, 1.82) is 0 Å². The van der Waals surface area contributed by atoms with Crippen molar-refractivity contribution >= 4 is 31.9 Å². The average molecular weight is 354 g/mol. The van der Waals surface area contributed by atoms with Gasteiger partial charge in [-0.1, -0.05) is 45.7 Å². The summed E-state index contributed by atoms with van der Waals surface area (Å²) in [6, 6.07) is 4.83. The van der Waals surface area contributed by atoms with E-state index in [0.29, 0.717) is 24.2 Å². The summed E-state index contributed by atoms with van der Waals surface area (Å²) in [6.45, 7) is 4.79. The molecule has 0 aliphatic rings. The van der Waals surface area contributed by atoms with Crippen molar-refractivity contribution in [3.05, 3.63) is 28.5 Å². The molecular formula is C12H15Br2FO. The highest BCUT2D eigenvalue weighted by Gasteiger charge is 2.13. The number of benzene rings is 1. The molecule has 1 aromatic rings. The van der Waals surface area contributed by atoms with E-state index in [1.54, 1.807) is 12.1 Å². The zero-order valence-electron chi connectivity index (χ0n) is 9.34. The first-order valence-corrected chi connectivity index (χ1v) is 7.10. The van der Waals surface area contributed by atoms with E-state index >= 15 is 0 Å². The lowest BCUT2D eigenvalue weighted by Gasteiger charge is -2.18. The largest absolute Gasteiger partial charge is 0.490 e. The van der Waals surface area contributed by atoms with Crippen LogP contribution in [0, 0.1) is 17.7 Å². The Morgan fingerprint density at radius 1 is 1.38 bits per heavy atom. The molecular weight excluding hydrogens is 339 g/mol. The Balaban J connectivity index is 2.60. The SMILES string of the molecule is CC(C)C(CBr)COc1ccc(Br)cc1F. The molecule has 0 saturated heterocycles. The van der Waals surface area contributed by atoms with E-state index in [2.05, 4.69) is 45.7 Å². The lowest BCUT2D eigenvalue weighted by Crippen LogP contribution is -2.19. The summed E-state index contributed by atoms with van der Waals surface area (Å²) >= 11 is 6.65. The Hall–Kier alpha value is -0.0900. The Bertz CT molecular complexity index is 342. The molecule has 0 saturated carbocycles. The van der Waals surface area contributed by atoms with Crippen LogP contribution >= 0.6 is 31.9 Å². The van der Waals surface area contributed by atoms with Gasteiger partial charge in [0.2, 0.25) is 0 Å². The molecule has 0 N–H and O–H groups in total. The minimum atomic E-state index is -0.327. The lowest BCUT2D eigenvalue weighted by molar-refractivity contribution is 0.219. The van der Waals surface area contributed by atoms with Gasteiger partial charge < -0.3 is 4.74 Å². The van der Waals surface area contributed by atoms with Crippen LogP contribution in [0.25, 0.3) is 0 Å². The van der Waals surface area contributed by atoms with Gasteiger partial charge in [0.25, 0.3) is 0 Å². The van der Waals surface area contributed by atoms with Gasteiger partial charge in [0.15, 0.2) is 11.6 Å². The first kappa shape index (κ1) is 14.0. The fourth-order valence-corrected chi connectivity index (χ4v) is 2.47. The highest BCUT2D eigenvalue weighted by molar-refractivity contribution is 9.10. The zero-order valence-corrected chi connectivity index (χ0v) is 12.5. The molecule has 0 spiro atoms. The average Bonchev–Trinajstić information content (AvgIpc) is 2.21. The molecule has 4 heteroatoms. The highest BCUT2D eigenvalue weighted by Crippen LogP contribution is 2.23. The fourth-order valence-electron chi connectivity index (χ4n) is 1.20. The fraction of sp³-hybridized carbons (Fsp3) is 0.500. The predicted molar refractivity (Wildman–Crippen MR) is 71.7 cm³/mol. The summed E-state index contributed by atoms with van der Waals surface area (Å²) in [4.78, 5) is 0. The maximum absolute atomic E-state index is 13.4. The summed E-state index contributed by atoms with van der Waals surface area (Å²) in [7, 11) is 0. The van der Waals surface area contributed by atoms with Crippen molar-refractivity contribution in [3.8, 4) is 5.75 Å². The standard InChI is InChI=1S/C12H15Br2FO/c1-8(2)9(6-13)7-16-12-4-3-10(14)5-11(12)15/h3-5,8-9H,6-7H2,1-2H3. The Morgan fingerprint density at radius 3 is 2.56 bits per heavy atom. The van der Waals surface area contributed by atoms with Crippen molar-refractivity contribution in [2.45, 2.75) is 13.8 Å². The predicted octanol–water partition coefficient (Wildman–Crippen LogP) is 4.63. The molecule has 1 aromatic carbocycles. The van der Waals surface area contributed by atoms with Gasteiger partial charge in [-0.3, -0.25) is 0 Å². The number of rotatable bonds is 5. The highest BCUT2D eigenvalue weighted by atomic mass is 79.9. The molecule has 1 unspecified atom stereocenters. The second kappa shape index (κ2) is 6.60. The second-order valence-corrected chi connectivity index (χ2v) is 5.61. The second-order valence-electron chi connectivity index (χ2n) is 4.04. The van der Waals surface area contributed by atoms with E-state index in [4.69, 9.17) is 4.74 Å². The Kier molecular flexibility index (Phi) is 5.76. The van der Waals surface area contributed by atoms with E-state index in [1.165, 1.54) is 6.07 Å². The summed E-state index contributed by atoms with van der Waals surface area (Å²) in [5.74, 6) is 0.891. The normalized spacial score (nSPS) is 12.9. The third kappa shape index (κ3) is 4.06. The maximum Gasteiger partial charge on any atom is 0.166 e. The zero-order chi connectivity index (χ0) is 12.1. The topological polar surface area (TPSA) is 9.23 Å². The van der Waals surface area contributed by atoms with Gasteiger partial charge in [0, 0.05) is 15.7 Å². The first-order chi connectivity index (χ1) is 7.54. The molecule has 0 aliphatic heterocycles. The molecule has 0 bridgehead atoms. The molecule has 0 amide bonds. The smallest absolute Gasteiger partial charge is 0.166 e. The van der Waals surface area contributed by atoms with Crippen LogP contribution in [0.15, 0.2) is 22.7 Å². The quantitative estimate of drug-likeness (QED) is 0.701. The van der Waals surface area contributed by atoms with Crippen LogP contribution in [-0.4, -0.2) is 11.9 Å². The monoisotopic (exact) mass is 352 g/mol. The van der Waals surface area contributed by atoms with Crippen molar-refractivity contribution in [2.75, 3.05) is 11.9 Å². The van der Waals surface area contributed by atoms with E-state index in [1.807, 2.05) is 0 Å². The molecule has 0 fully saturated rings. The Labute approximate surface area is 113 Å². The van der Waals surface area contributed by atoms with E-state index < -0.39 is 0 Å². The minimum Gasteiger partial charge on any atom is -0.490 e. The van der Waals surface area contributed by atoms with Gasteiger partial charge in [-0.15, -0.1) is 0 Å². The van der Waals surface area contributed by atoms with Crippen molar-refractivity contribution in [1.82, 2.24) is 0 Å². The van der Waals surface area contributed by atoms with Crippen LogP contribution in [0.2, 0.25) is 0 Å². The van der Waals surface area contributed by atoms with Gasteiger partial charge in [-0.25, -0.2) is 4.39 Å². The number of hydrogen-bond donors (Lipinski definition) is 0. The van der Waals surface area contributed by atoms with Gasteiger partial charge in [0.1, 0.15) is 0 Å². The van der Waals surface area contributed by atoms with Crippen LogP contribution in [0.5, 0.6) is 5.75 Å². The van der Waals surface area contributed by atoms with Gasteiger partial charge >= 0.3 is 0 Å². The van der Waals surface area contributed by atoms with Crippen LogP contribution in [-0.2, 0) is 0 Å². The van der Waals surface area contributed by atoms with Crippen molar-refractivity contribution in [3.63, 3.8) is 0 Å². The molecule has 0 aliphatic carbocycles. The number of ether oxygens (including phenoxy) is 1. The van der Waals surface area contributed by atoms with Gasteiger partial charge in [-0.2, -0.15) is 0 Å². The first-order valence-electron chi connectivity index (χ1n) is 5.18. The van der Waals surface area contributed by atoms with Crippen LogP contribution < -0.4 is 4.74 Å². The molecule has 0 heterocycles. The third-order valence-electron chi connectivity index (χ3n) is 2.49. The van der Waals surface area contributed by atoms with Crippen LogP contribution in [0.4, 0.5) is 4.39 Å². The molecule has 90 valence electrons. The van der Waals surface area contributed by atoms with Crippen LogP contribution in [0.3, 0.4) is 0 Å². The molecule has 1 atom stereocenters. The summed E-state index contributed by atoms with van der Waals surface area (Å²) < 4.78 is 19.6. The Morgan fingerprint density at radius 2 is 2.06 bits per heavy atom. The van der Waals surface area contributed by atoms with E-state index in [9.17, 15) is 4.39 Å². The summed E-state index contributed by atoms with van der Waals surface area (Å²) in [5, 5.41) is 0.864. The van der Waals surface area contributed by atoms with Crippen LogP contribution in [0.1, 0.15) is 13.8 Å². The molecule has 0 aromatic heterocycles. The van der Waals surface area contributed by atoms with Gasteiger partial charge in [-0.05, 0) is 24.1 Å². The lowest BCUT2D eigenvalue weighted by atomic mass is 9.99. The molecule has 16 heavy (non-hydrogen) atoms. The van der Waals surface area contributed by atoms with Crippen molar-refractivity contribution < 1.29 is 9.13 Å². The number of alkyl halides is 1. The molecule has 0 radical (unpaired) electrons. The number of hydrogen-bond acceptors (Lipinski definition) is 1. The third-order valence-corrected chi connectivity index (χ3v) is 3.81. The summed E-state index contributed by atoms with van der Waals surface area (Å²) in [6.07, 6.45) is 0. The van der Waals surface area contributed by atoms with Crippen molar-refractivity contribution in [2.24, 2.45) is 11.8 Å². The van der Waals surface area contributed by atoms with E-state index in [-0.39, 0.29) is 5.82 Å². The summed E-state index contributed by atoms with van der Waals surface area (Å²) in [5.41, 5.74) is 0. The molecule has 1 nitrogen and oxygen atoms in total. The van der Waals surface area contributed by atoms with E-state index in [0.717, 1.165) is 9.80 Å².